The quantitative estimate of drug-likeness (QED) is 0.766. The molecule has 0 aliphatic heterocycles. The second kappa shape index (κ2) is 6.62. The van der Waals surface area contributed by atoms with Crippen LogP contribution in [0.2, 0.25) is 0 Å². The topological polar surface area (TPSA) is 33.5 Å². The van der Waals surface area contributed by atoms with Crippen molar-refractivity contribution < 1.29 is 9.21 Å². The van der Waals surface area contributed by atoms with Gasteiger partial charge in [0.1, 0.15) is 5.76 Å². The molecule has 0 bridgehead atoms. The molecule has 1 saturated carbocycles. The normalized spacial score (nSPS) is 17.4. The maximum atomic E-state index is 12.1. The Labute approximate surface area is 109 Å². The van der Waals surface area contributed by atoms with E-state index < -0.39 is 0 Å². The number of carbonyl (C=O) groups is 1. The van der Waals surface area contributed by atoms with E-state index in [4.69, 9.17) is 4.42 Å². The predicted octanol–water partition coefficient (Wildman–Crippen LogP) is 3.39. The predicted molar refractivity (Wildman–Crippen MR) is 71.3 cm³/mol. The average Bonchev–Trinajstić information content (AvgIpc) is 2.75. The van der Waals surface area contributed by atoms with E-state index >= 15 is 0 Å². The third-order valence-electron chi connectivity index (χ3n) is 3.93. The van der Waals surface area contributed by atoms with Crippen LogP contribution in [0.25, 0.3) is 0 Å². The van der Waals surface area contributed by atoms with Crippen LogP contribution >= 0.6 is 0 Å². The molecule has 0 radical (unpaired) electrons. The Balaban J connectivity index is 1.79. The number of hydrogen-bond donors (Lipinski definition) is 0. The number of amides is 1. The molecule has 2 rings (SSSR count). The highest BCUT2D eigenvalue weighted by Crippen LogP contribution is 2.21. The molecule has 1 heterocycles. The third-order valence-corrected chi connectivity index (χ3v) is 3.93. The van der Waals surface area contributed by atoms with Gasteiger partial charge >= 0.3 is 0 Å². The first-order valence-electron chi connectivity index (χ1n) is 7.05. The van der Waals surface area contributed by atoms with Crippen molar-refractivity contribution in [3.05, 3.63) is 24.2 Å². The van der Waals surface area contributed by atoms with Crippen LogP contribution in [0, 0.1) is 0 Å². The van der Waals surface area contributed by atoms with E-state index in [1.807, 2.05) is 24.1 Å². The molecule has 1 aromatic heterocycles. The fourth-order valence-electron chi connectivity index (χ4n) is 2.71. The summed E-state index contributed by atoms with van der Waals surface area (Å²) >= 11 is 0. The SMILES string of the molecule is CN(C(=O)CCc1ccco1)C1CCCCCC1. The van der Waals surface area contributed by atoms with Crippen molar-refractivity contribution in [1.29, 1.82) is 0 Å². The Kier molecular flexibility index (Phi) is 4.85. The van der Waals surface area contributed by atoms with Crippen LogP contribution in [0.15, 0.2) is 22.8 Å². The van der Waals surface area contributed by atoms with Crippen molar-refractivity contribution in [2.24, 2.45) is 0 Å². The van der Waals surface area contributed by atoms with Crippen LogP contribution in [0.4, 0.5) is 0 Å². The molecule has 0 N–H and O–H groups in total. The number of hydrogen-bond acceptors (Lipinski definition) is 2. The number of rotatable bonds is 4. The van der Waals surface area contributed by atoms with Gasteiger partial charge in [-0.25, -0.2) is 0 Å². The summed E-state index contributed by atoms with van der Waals surface area (Å²) in [7, 11) is 1.96. The highest BCUT2D eigenvalue weighted by molar-refractivity contribution is 5.76. The fourth-order valence-corrected chi connectivity index (χ4v) is 2.71. The highest BCUT2D eigenvalue weighted by atomic mass is 16.3. The van der Waals surface area contributed by atoms with Gasteiger partial charge in [0.25, 0.3) is 0 Å². The van der Waals surface area contributed by atoms with Crippen molar-refractivity contribution in [1.82, 2.24) is 4.90 Å². The largest absolute Gasteiger partial charge is 0.469 e. The second-order valence-corrected chi connectivity index (χ2v) is 5.23. The van der Waals surface area contributed by atoms with Crippen LogP contribution in [0.3, 0.4) is 0 Å². The molecule has 18 heavy (non-hydrogen) atoms. The van der Waals surface area contributed by atoms with Gasteiger partial charge in [0.2, 0.25) is 5.91 Å². The Morgan fingerprint density at radius 3 is 2.67 bits per heavy atom. The molecule has 0 aromatic carbocycles. The first kappa shape index (κ1) is 13.2. The van der Waals surface area contributed by atoms with E-state index in [2.05, 4.69) is 0 Å². The lowest BCUT2D eigenvalue weighted by atomic mass is 10.1. The van der Waals surface area contributed by atoms with Gasteiger partial charge in [-0.1, -0.05) is 25.7 Å². The summed E-state index contributed by atoms with van der Waals surface area (Å²) in [6.07, 6.45) is 10.4. The van der Waals surface area contributed by atoms with Gasteiger partial charge in [0.05, 0.1) is 6.26 Å². The maximum Gasteiger partial charge on any atom is 0.223 e. The van der Waals surface area contributed by atoms with Crippen molar-refractivity contribution in [3.8, 4) is 0 Å². The minimum atomic E-state index is 0.248. The van der Waals surface area contributed by atoms with E-state index in [9.17, 15) is 4.79 Å². The standard InChI is InChI=1S/C15H23NO2/c1-16(13-7-4-2-3-5-8-13)15(17)11-10-14-9-6-12-18-14/h6,9,12-13H,2-5,7-8,10-11H2,1H3. The zero-order valence-electron chi connectivity index (χ0n) is 11.2. The van der Waals surface area contributed by atoms with Gasteiger partial charge in [0.15, 0.2) is 0 Å². The molecule has 0 spiro atoms. The molecule has 100 valence electrons. The molecule has 0 saturated heterocycles. The molecular formula is C15H23NO2. The number of furan rings is 1. The number of carbonyl (C=O) groups excluding carboxylic acids is 1. The molecule has 0 atom stereocenters. The van der Waals surface area contributed by atoms with Crippen molar-refractivity contribution >= 4 is 5.91 Å². The molecule has 3 heteroatoms. The van der Waals surface area contributed by atoms with E-state index in [0.29, 0.717) is 18.9 Å². The van der Waals surface area contributed by atoms with Crippen LogP contribution in [-0.4, -0.2) is 23.9 Å². The van der Waals surface area contributed by atoms with E-state index in [1.54, 1.807) is 6.26 Å². The van der Waals surface area contributed by atoms with Crippen molar-refractivity contribution in [2.45, 2.75) is 57.4 Å². The average molecular weight is 249 g/mol. The summed E-state index contributed by atoms with van der Waals surface area (Å²) in [6.45, 7) is 0. The highest BCUT2D eigenvalue weighted by Gasteiger charge is 2.20. The second-order valence-electron chi connectivity index (χ2n) is 5.23. The van der Waals surface area contributed by atoms with Gasteiger partial charge in [-0.3, -0.25) is 4.79 Å². The minimum absolute atomic E-state index is 0.248. The first-order valence-corrected chi connectivity index (χ1v) is 7.05. The van der Waals surface area contributed by atoms with Gasteiger partial charge in [0, 0.05) is 25.9 Å². The Hall–Kier alpha value is -1.25. The zero-order chi connectivity index (χ0) is 12.8. The lowest BCUT2D eigenvalue weighted by Gasteiger charge is -2.27. The van der Waals surface area contributed by atoms with Crippen LogP contribution in [-0.2, 0) is 11.2 Å². The van der Waals surface area contributed by atoms with Crippen molar-refractivity contribution in [3.63, 3.8) is 0 Å². The van der Waals surface area contributed by atoms with Crippen molar-refractivity contribution in [2.75, 3.05) is 7.05 Å². The third kappa shape index (κ3) is 3.62. The summed E-state index contributed by atoms with van der Waals surface area (Å²) in [4.78, 5) is 14.1. The summed E-state index contributed by atoms with van der Waals surface area (Å²) in [5.41, 5.74) is 0. The van der Waals surface area contributed by atoms with Crippen LogP contribution < -0.4 is 0 Å². The van der Waals surface area contributed by atoms with Crippen LogP contribution in [0.5, 0.6) is 0 Å². The molecule has 3 nitrogen and oxygen atoms in total. The van der Waals surface area contributed by atoms with Gasteiger partial charge < -0.3 is 9.32 Å². The Morgan fingerprint density at radius 2 is 2.06 bits per heavy atom. The lowest BCUT2D eigenvalue weighted by molar-refractivity contribution is -0.132. The van der Waals surface area contributed by atoms with E-state index in [0.717, 1.165) is 5.76 Å². The lowest BCUT2D eigenvalue weighted by Crippen LogP contribution is -2.36. The van der Waals surface area contributed by atoms with Gasteiger partial charge in [-0.15, -0.1) is 0 Å². The molecular weight excluding hydrogens is 226 g/mol. The smallest absolute Gasteiger partial charge is 0.223 e. The molecule has 1 fully saturated rings. The minimum Gasteiger partial charge on any atom is -0.469 e. The molecule has 1 aromatic rings. The summed E-state index contributed by atoms with van der Waals surface area (Å²) in [5.74, 6) is 1.15. The summed E-state index contributed by atoms with van der Waals surface area (Å²) in [6, 6.07) is 4.25. The Morgan fingerprint density at radius 1 is 1.33 bits per heavy atom. The first-order chi connectivity index (χ1) is 8.77. The summed E-state index contributed by atoms with van der Waals surface area (Å²) in [5, 5.41) is 0. The number of nitrogens with zero attached hydrogens (tertiary/aromatic N) is 1. The van der Waals surface area contributed by atoms with E-state index in [-0.39, 0.29) is 5.91 Å². The summed E-state index contributed by atoms with van der Waals surface area (Å²) < 4.78 is 5.26. The molecule has 0 unspecified atom stereocenters. The zero-order valence-corrected chi connectivity index (χ0v) is 11.2. The molecule has 1 aliphatic carbocycles. The van der Waals surface area contributed by atoms with Gasteiger partial charge in [-0.2, -0.15) is 0 Å². The molecule has 1 aliphatic rings. The number of aryl methyl sites for hydroxylation is 1. The van der Waals surface area contributed by atoms with Crippen LogP contribution in [0.1, 0.15) is 50.7 Å². The fraction of sp³-hybridized carbons (Fsp3) is 0.667. The Bertz CT molecular complexity index is 351. The van der Waals surface area contributed by atoms with Gasteiger partial charge in [-0.05, 0) is 25.0 Å². The van der Waals surface area contributed by atoms with E-state index in [1.165, 1.54) is 38.5 Å². The monoisotopic (exact) mass is 249 g/mol. The molecule has 1 amide bonds. The maximum absolute atomic E-state index is 12.1.